The lowest BCUT2D eigenvalue weighted by Crippen LogP contribution is -2.12. The smallest absolute Gasteiger partial charge is 0.257 e. The number of hydrogen-bond donors (Lipinski definition) is 2. The Morgan fingerprint density at radius 3 is 2.59 bits per heavy atom. The fraction of sp³-hybridized carbons (Fsp3) is 0.143. The van der Waals surface area contributed by atoms with Gasteiger partial charge in [-0.25, -0.2) is 0 Å². The van der Waals surface area contributed by atoms with E-state index in [1.54, 1.807) is 25.4 Å². The Bertz CT molecular complexity index is 989. The van der Waals surface area contributed by atoms with Gasteiger partial charge in [0.1, 0.15) is 5.75 Å². The number of nitrogens with zero attached hydrogens (tertiary/aromatic N) is 1. The number of anilines is 3. The molecule has 0 saturated carbocycles. The number of aromatic nitrogens is 1. The fourth-order valence-electron chi connectivity index (χ4n) is 2.58. The summed E-state index contributed by atoms with van der Waals surface area (Å²) in [6.07, 6.45) is 3.17. The summed E-state index contributed by atoms with van der Waals surface area (Å²) in [7, 11) is 1.62. The summed E-state index contributed by atoms with van der Waals surface area (Å²) < 4.78 is 5.38. The van der Waals surface area contributed by atoms with Crippen LogP contribution in [0.2, 0.25) is 5.02 Å². The molecule has 1 heterocycles. The number of methoxy groups -OCH3 is 1. The number of pyridine rings is 1. The van der Waals surface area contributed by atoms with Gasteiger partial charge in [0.2, 0.25) is 0 Å². The Morgan fingerprint density at radius 2 is 1.85 bits per heavy atom. The first kappa shape index (κ1) is 18.7. The molecule has 0 radical (unpaired) electrons. The molecule has 0 unspecified atom stereocenters. The van der Waals surface area contributed by atoms with E-state index < -0.39 is 0 Å². The van der Waals surface area contributed by atoms with Crippen molar-refractivity contribution in [3.05, 3.63) is 76.6 Å². The quantitative estimate of drug-likeness (QED) is 0.624. The van der Waals surface area contributed by atoms with Gasteiger partial charge in [0.25, 0.3) is 5.91 Å². The molecule has 0 atom stereocenters. The Morgan fingerprint density at radius 1 is 1.04 bits per heavy atom. The third-order valence-corrected chi connectivity index (χ3v) is 4.47. The zero-order chi connectivity index (χ0) is 19.4. The molecular weight excluding hydrogens is 362 g/mol. The van der Waals surface area contributed by atoms with Gasteiger partial charge in [-0.3, -0.25) is 9.78 Å². The summed E-state index contributed by atoms with van der Waals surface area (Å²) in [5, 5.41) is 6.69. The maximum atomic E-state index is 12.5. The van der Waals surface area contributed by atoms with E-state index in [4.69, 9.17) is 16.3 Å². The maximum absolute atomic E-state index is 12.5. The van der Waals surface area contributed by atoms with Crippen molar-refractivity contribution in [2.45, 2.75) is 13.8 Å². The largest absolute Gasteiger partial charge is 0.495 e. The number of aryl methyl sites for hydroxylation is 2. The van der Waals surface area contributed by atoms with Gasteiger partial charge in [-0.15, -0.1) is 0 Å². The highest BCUT2D eigenvalue weighted by Crippen LogP contribution is 2.28. The Balaban J connectivity index is 1.80. The van der Waals surface area contributed by atoms with Crippen LogP contribution in [0.1, 0.15) is 21.5 Å². The molecule has 27 heavy (non-hydrogen) atoms. The van der Waals surface area contributed by atoms with E-state index in [-0.39, 0.29) is 5.91 Å². The van der Waals surface area contributed by atoms with Crippen LogP contribution < -0.4 is 15.4 Å². The lowest BCUT2D eigenvalue weighted by molar-refractivity contribution is 0.102. The molecular formula is C21H20ClN3O2. The molecule has 2 N–H and O–H groups in total. The van der Waals surface area contributed by atoms with Crippen molar-refractivity contribution in [2.24, 2.45) is 0 Å². The SMILES string of the molecule is COc1ccc(C)cc1Nc1cncc(C(=O)Nc2ccc(C)c(Cl)c2)c1. The van der Waals surface area contributed by atoms with Crippen LogP contribution in [-0.2, 0) is 0 Å². The lowest BCUT2D eigenvalue weighted by atomic mass is 10.2. The van der Waals surface area contributed by atoms with Crippen molar-refractivity contribution in [2.75, 3.05) is 17.7 Å². The zero-order valence-corrected chi connectivity index (χ0v) is 16.1. The fourth-order valence-corrected chi connectivity index (χ4v) is 2.76. The highest BCUT2D eigenvalue weighted by atomic mass is 35.5. The van der Waals surface area contributed by atoms with Crippen LogP contribution in [0, 0.1) is 13.8 Å². The van der Waals surface area contributed by atoms with Crippen molar-refractivity contribution in [3.63, 3.8) is 0 Å². The van der Waals surface area contributed by atoms with Gasteiger partial charge in [0, 0.05) is 16.9 Å². The maximum Gasteiger partial charge on any atom is 0.257 e. The molecule has 1 aromatic heterocycles. The summed E-state index contributed by atoms with van der Waals surface area (Å²) in [6.45, 7) is 3.91. The second-order valence-electron chi connectivity index (χ2n) is 6.21. The van der Waals surface area contributed by atoms with E-state index >= 15 is 0 Å². The molecule has 6 heteroatoms. The molecule has 0 aliphatic carbocycles. The van der Waals surface area contributed by atoms with E-state index in [0.717, 1.165) is 16.8 Å². The Hall–Kier alpha value is -3.05. The van der Waals surface area contributed by atoms with Crippen molar-refractivity contribution in [3.8, 4) is 5.75 Å². The minimum Gasteiger partial charge on any atom is -0.495 e. The molecule has 5 nitrogen and oxygen atoms in total. The zero-order valence-electron chi connectivity index (χ0n) is 15.3. The highest BCUT2D eigenvalue weighted by molar-refractivity contribution is 6.31. The van der Waals surface area contributed by atoms with Gasteiger partial charge in [-0.05, 0) is 55.3 Å². The Kier molecular flexibility index (Phi) is 5.62. The average Bonchev–Trinajstić information content (AvgIpc) is 2.65. The highest BCUT2D eigenvalue weighted by Gasteiger charge is 2.10. The van der Waals surface area contributed by atoms with Crippen molar-refractivity contribution >= 4 is 34.6 Å². The van der Waals surface area contributed by atoms with E-state index in [1.807, 2.05) is 44.2 Å². The summed E-state index contributed by atoms with van der Waals surface area (Å²) >= 11 is 6.11. The van der Waals surface area contributed by atoms with E-state index in [1.165, 1.54) is 6.20 Å². The summed E-state index contributed by atoms with van der Waals surface area (Å²) in [4.78, 5) is 16.7. The number of halogens is 1. The van der Waals surface area contributed by atoms with Crippen LogP contribution >= 0.6 is 11.6 Å². The lowest BCUT2D eigenvalue weighted by Gasteiger charge is -2.13. The third-order valence-electron chi connectivity index (χ3n) is 4.06. The van der Waals surface area contributed by atoms with Gasteiger partial charge < -0.3 is 15.4 Å². The third kappa shape index (κ3) is 4.57. The van der Waals surface area contributed by atoms with E-state index in [0.29, 0.717) is 27.7 Å². The first-order chi connectivity index (χ1) is 13.0. The van der Waals surface area contributed by atoms with Gasteiger partial charge >= 0.3 is 0 Å². The molecule has 3 aromatic rings. The molecule has 1 amide bonds. The monoisotopic (exact) mass is 381 g/mol. The van der Waals surface area contributed by atoms with Crippen LogP contribution in [0.25, 0.3) is 0 Å². The predicted octanol–water partition coefficient (Wildman–Crippen LogP) is 5.36. The minimum absolute atomic E-state index is 0.262. The second kappa shape index (κ2) is 8.10. The number of carbonyl (C=O) groups excluding carboxylic acids is 1. The van der Waals surface area contributed by atoms with E-state index in [9.17, 15) is 4.79 Å². The van der Waals surface area contributed by atoms with Crippen LogP contribution in [-0.4, -0.2) is 18.0 Å². The van der Waals surface area contributed by atoms with Gasteiger partial charge in [0.15, 0.2) is 0 Å². The van der Waals surface area contributed by atoms with Gasteiger partial charge in [0.05, 0.1) is 30.2 Å². The van der Waals surface area contributed by atoms with Crippen molar-refractivity contribution < 1.29 is 9.53 Å². The van der Waals surface area contributed by atoms with Gasteiger partial charge in [-0.1, -0.05) is 23.7 Å². The summed E-state index contributed by atoms with van der Waals surface area (Å²) in [6, 6.07) is 13.0. The molecule has 2 aromatic carbocycles. The number of carbonyl (C=O) groups is 1. The topological polar surface area (TPSA) is 63.2 Å². The number of nitrogens with one attached hydrogen (secondary N) is 2. The van der Waals surface area contributed by atoms with E-state index in [2.05, 4.69) is 15.6 Å². The predicted molar refractivity (Wildman–Crippen MR) is 109 cm³/mol. The molecule has 3 rings (SSSR count). The standard InChI is InChI=1S/C21H20ClN3O2/c1-13-4-7-20(27-3)19(8-13)24-17-9-15(11-23-12-17)21(26)25-16-6-5-14(2)18(22)10-16/h4-12,24H,1-3H3,(H,25,26). The van der Waals surface area contributed by atoms with Crippen LogP contribution in [0.5, 0.6) is 5.75 Å². The van der Waals surface area contributed by atoms with Crippen molar-refractivity contribution in [1.82, 2.24) is 4.98 Å². The molecule has 0 aliphatic heterocycles. The summed E-state index contributed by atoms with van der Waals surface area (Å²) in [5.41, 5.74) is 4.61. The first-order valence-corrected chi connectivity index (χ1v) is 8.78. The number of benzene rings is 2. The van der Waals surface area contributed by atoms with Gasteiger partial charge in [-0.2, -0.15) is 0 Å². The molecule has 0 saturated heterocycles. The normalized spacial score (nSPS) is 10.4. The molecule has 0 bridgehead atoms. The molecule has 0 fully saturated rings. The summed E-state index contributed by atoms with van der Waals surface area (Å²) in [5.74, 6) is 0.451. The number of amides is 1. The van der Waals surface area contributed by atoms with Crippen LogP contribution in [0.4, 0.5) is 17.1 Å². The first-order valence-electron chi connectivity index (χ1n) is 8.40. The van der Waals surface area contributed by atoms with Crippen molar-refractivity contribution in [1.29, 1.82) is 0 Å². The molecule has 138 valence electrons. The second-order valence-corrected chi connectivity index (χ2v) is 6.62. The molecule has 0 aliphatic rings. The minimum atomic E-state index is -0.262. The number of ether oxygens (including phenoxy) is 1. The van der Waals surface area contributed by atoms with Crippen LogP contribution in [0.15, 0.2) is 54.9 Å². The molecule has 0 spiro atoms. The average molecular weight is 382 g/mol. The Labute approximate surface area is 163 Å². The van der Waals surface area contributed by atoms with Crippen LogP contribution in [0.3, 0.4) is 0 Å². The number of hydrogen-bond acceptors (Lipinski definition) is 4. The number of rotatable bonds is 5.